The highest BCUT2D eigenvalue weighted by molar-refractivity contribution is 5.74. The van der Waals surface area contributed by atoms with Gasteiger partial charge in [-0.2, -0.15) is 0 Å². The van der Waals surface area contributed by atoms with Gasteiger partial charge in [0, 0.05) is 12.6 Å². The number of ether oxygens (including phenoxy) is 1. The number of urea groups is 1. The van der Waals surface area contributed by atoms with E-state index < -0.39 is 17.4 Å². The van der Waals surface area contributed by atoms with Gasteiger partial charge in [-0.15, -0.1) is 0 Å². The van der Waals surface area contributed by atoms with Crippen LogP contribution in [0.5, 0.6) is 5.75 Å². The molecule has 0 aromatic heterocycles. The number of benzene rings is 1. The number of hydrogen-bond donors (Lipinski definition) is 3. The van der Waals surface area contributed by atoms with E-state index >= 15 is 0 Å². The van der Waals surface area contributed by atoms with E-state index in [4.69, 9.17) is 4.74 Å². The minimum Gasteiger partial charge on any atom is -0.497 e. The van der Waals surface area contributed by atoms with E-state index in [9.17, 15) is 14.3 Å². The quantitative estimate of drug-likeness (QED) is 0.722. The average molecular weight is 298 g/mol. The summed E-state index contributed by atoms with van der Waals surface area (Å²) < 4.78 is 18.3. The normalized spacial score (nSPS) is 13.4. The molecule has 118 valence electrons. The number of aliphatic hydroxyl groups excluding tert-OH is 1. The van der Waals surface area contributed by atoms with Crippen molar-refractivity contribution in [2.75, 3.05) is 13.7 Å². The molecular weight excluding hydrogens is 275 g/mol. The zero-order valence-electron chi connectivity index (χ0n) is 12.7. The molecule has 0 fully saturated rings. The number of halogens is 1. The van der Waals surface area contributed by atoms with Crippen LogP contribution >= 0.6 is 0 Å². The van der Waals surface area contributed by atoms with Crippen LogP contribution in [-0.4, -0.2) is 30.4 Å². The Kier molecular flexibility index (Phi) is 6.42. The molecule has 1 unspecified atom stereocenters. The third kappa shape index (κ3) is 5.59. The van der Waals surface area contributed by atoms with E-state index in [1.165, 1.54) is 19.2 Å². The average Bonchev–Trinajstić information content (AvgIpc) is 2.44. The van der Waals surface area contributed by atoms with Crippen molar-refractivity contribution in [3.63, 3.8) is 0 Å². The van der Waals surface area contributed by atoms with Gasteiger partial charge in [-0.25, -0.2) is 9.18 Å². The van der Waals surface area contributed by atoms with Crippen LogP contribution in [0.2, 0.25) is 0 Å². The first-order valence-corrected chi connectivity index (χ1v) is 6.93. The lowest BCUT2D eigenvalue weighted by Crippen LogP contribution is -2.52. The molecule has 1 aromatic rings. The summed E-state index contributed by atoms with van der Waals surface area (Å²) in [6, 6.07) is 3.86. The first kappa shape index (κ1) is 17.2. The highest BCUT2D eigenvalue weighted by Crippen LogP contribution is 2.16. The number of amides is 2. The molecule has 0 aliphatic heterocycles. The van der Waals surface area contributed by atoms with Crippen molar-refractivity contribution < 1.29 is 19.0 Å². The molecule has 0 aliphatic carbocycles. The Morgan fingerprint density at radius 1 is 1.43 bits per heavy atom. The maximum absolute atomic E-state index is 13.3. The third-order valence-corrected chi connectivity index (χ3v) is 3.19. The molecular formula is C15H23FN2O3. The number of nitrogens with one attached hydrogen (secondary N) is 2. The maximum atomic E-state index is 13.3. The van der Waals surface area contributed by atoms with Gasteiger partial charge in [0.25, 0.3) is 0 Å². The second-order valence-electron chi connectivity index (χ2n) is 5.28. The van der Waals surface area contributed by atoms with Crippen molar-refractivity contribution >= 4 is 6.03 Å². The van der Waals surface area contributed by atoms with E-state index in [1.54, 1.807) is 13.0 Å². The lowest BCUT2D eigenvalue weighted by molar-refractivity contribution is 0.163. The maximum Gasteiger partial charge on any atom is 0.315 e. The fraction of sp³-hybridized carbons (Fsp3) is 0.533. The SMILES string of the molecule is CCCC(C)(CO)NC(=O)NCc1cc(F)cc(OC)c1. The van der Waals surface area contributed by atoms with E-state index in [0.29, 0.717) is 17.7 Å². The van der Waals surface area contributed by atoms with Gasteiger partial charge in [0.15, 0.2) is 0 Å². The molecule has 0 saturated heterocycles. The number of carbonyl (C=O) groups excluding carboxylic acids is 1. The molecule has 6 heteroatoms. The Balaban J connectivity index is 2.58. The van der Waals surface area contributed by atoms with Crippen molar-refractivity contribution in [3.05, 3.63) is 29.6 Å². The first-order valence-electron chi connectivity index (χ1n) is 6.93. The summed E-state index contributed by atoms with van der Waals surface area (Å²) in [5.74, 6) is -0.0175. The van der Waals surface area contributed by atoms with E-state index in [2.05, 4.69) is 10.6 Å². The predicted molar refractivity (Wildman–Crippen MR) is 78.7 cm³/mol. The molecule has 0 heterocycles. The number of hydrogen-bond acceptors (Lipinski definition) is 3. The van der Waals surface area contributed by atoms with Gasteiger partial charge in [-0.05, 0) is 31.0 Å². The molecule has 0 bridgehead atoms. The van der Waals surface area contributed by atoms with Crippen LogP contribution in [0, 0.1) is 5.82 Å². The van der Waals surface area contributed by atoms with Gasteiger partial charge >= 0.3 is 6.03 Å². The summed E-state index contributed by atoms with van der Waals surface area (Å²) in [6.45, 7) is 3.80. The topological polar surface area (TPSA) is 70.6 Å². The second-order valence-corrected chi connectivity index (χ2v) is 5.28. The molecule has 3 N–H and O–H groups in total. The fourth-order valence-electron chi connectivity index (χ4n) is 2.07. The van der Waals surface area contributed by atoms with Crippen molar-refractivity contribution in [2.24, 2.45) is 0 Å². The van der Waals surface area contributed by atoms with Crippen molar-refractivity contribution in [1.82, 2.24) is 10.6 Å². The molecule has 0 saturated carbocycles. The highest BCUT2D eigenvalue weighted by Gasteiger charge is 2.24. The van der Waals surface area contributed by atoms with Gasteiger partial charge in [0.05, 0.1) is 19.3 Å². The van der Waals surface area contributed by atoms with Gasteiger partial charge in [0.2, 0.25) is 0 Å². The van der Waals surface area contributed by atoms with Crippen molar-refractivity contribution in [1.29, 1.82) is 0 Å². The van der Waals surface area contributed by atoms with E-state index in [0.717, 1.165) is 6.42 Å². The van der Waals surface area contributed by atoms with Gasteiger partial charge in [-0.3, -0.25) is 0 Å². The monoisotopic (exact) mass is 298 g/mol. The van der Waals surface area contributed by atoms with Gasteiger partial charge in [-0.1, -0.05) is 13.3 Å². The molecule has 0 aliphatic rings. The van der Waals surface area contributed by atoms with Crippen LogP contribution in [-0.2, 0) is 6.54 Å². The van der Waals surface area contributed by atoms with E-state index in [-0.39, 0.29) is 13.2 Å². The molecule has 21 heavy (non-hydrogen) atoms. The molecule has 0 radical (unpaired) electrons. The zero-order chi connectivity index (χ0) is 15.9. The Labute approximate surface area is 124 Å². The highest BCUT2D eigenvalue weighted by atomic mass is 19.1. The summed E-state index contributed by atoms with van der Waals surface area (Å²) in [5, 5.41) is 14.7. The molecule has 5 nitrogen and oxygen atoms in total. The Hall–Kier alpha value is -1.82. The van der Waals surface area contributed by atoms with Crippen LogP contribution < -0.4 is 15.4 Å². The fourth-order valence-corrected chi connectivity index (χ4v) is 2.07. The molecule has 1 aromatic carbocycles. The van der Waals surface area contributed by atoms with Gasteiger partial charge in [0.1, 0.15) is 11.6 Å². The number of aliphatic hydroxyl groups is 1. The number of rotatable bonds is 7. The van der Waals surface area contributed by atoms with E-state index in [1.807, 2.05) is 6.92 Å². The van der Waals surface area contributed by atoms with Crippen LogP contribution in [0.4, 0.5) is 9.18 Å². The van der Waals surface area contributed by atoms with Crippen molar-refractivity contribution in [3.8, 4) is 5.75 Å². The predicted octanol–water partition coefficient (Wildman–Crippen LogP) is 2.18. The zero-order valence-corrected chi connectivity index (χ0v) is 12.7. The van der Waals surface area contributed by atoms with Crippen LogP contribution in [0.15, 0.2) is 18.2 Å². The smallest absolute Gasteiger partial charge is 0.315 e. The second kappa shape index (κ2) is 7.83. The first-order chi connectivity index (χ1) is 9.92. The number of carbonyl (C=O) groups is 1. The standard InChI is InChI=1S/C15H23FN2O3/c1-4-5-15(2,10-19)18-14(20)17-9-11-6-12(16)8-13(7-11)21-3/h6-8,19H,4-5,9-10H2,1-3H3,(H2,17,18,20). The molecule has 0 spiro atoms. The molecule has 1 rings (SSSR count). The lowest BCUT2D eigenvalue weighted by atomic mass is 9.98. The van der Waals surface area contributed by atoms with Crippen molar-refractivity contribution in [2.45, 2.75) is 38.8 Å². The summed E-state index contributed by atoms with van der Waals surface area (Å²) in [7, 11) is 1.45. The summed E-state index contributed by atoms with van der Waals surface area (Å²) in [6.07, 6.45) is 1.52. The molecule has 1 atom stereocenters. The minimum absolute atomic E-state index is 0.137. The Bertz CT molecular complexity index is 482. The number of methoxy groups -OCH3 is 1. The molecule has 2 amide bonds. The Morgan fingerprint density at radius 2 is 2.14 bits per heavy atom. The largest absolute Gasteiger partial charge is 0.497 e. The minimum atomic E-state index is -0.654. The van der Waals surface area contributed by atoms with Crippen LogP contribution in [0.1, 0.15) is 32.3 Å². The lowest BCUT2D eigenvalue weighted by Gasteiger charge is -2.28. The Morgan fingerprint density at radius 3 is 2.71 bits per heavy atom. The summed E-state index contributed by atoms with van der Waals surface area (Å²) in [4.78, 5) is 11.8. The van der Waals surface area contributed by atoms with Crippen LogP contribution in [0.25, 0.3) is 0 Å². The summed E-state index contributed by atoms with van der Waals surface area (Å²) >= 11 is 0. The summed E-state index contributed by atoms with van der Waals surface area (Å²) in [5.41, 5.74) is -0.0541. The third-order valence-electron chi connectivity index (χ3n) is 3.19. The van der Waals surface area contributed by atoms with Gasteiger partial charge < -0.3 is 20.5 Å². The van der Waals surface area contributed by atoms with Crippen LogP contribution in [0.3, 0.4) is 0 Å².